The molecule has 0 aliphatic rings. The Balaban J connectivity index is 3.05. The second-order valence-corrected chi connectivity index (χ2v) is 6.40. The topological polar surface area (TPSA) is 70.0 Å². The largest absolute Gasteiger partial charge is 0.503 e. The molecule has 0 saturated heterocycles. The molecule has 0 unspecified atom stereocenters. The number of halogens is 1. The van der Waals surface area contributed by atoms with Crippen molar-refractivity contribution in [3.8, 4) is 11.5 Å². The minimum atomic E-state index is -0.871. The van der Waals surface area contributed by atoms with Crippen LogP contribution in [0.25, 0.3) is 0 Å². The zero-order chi connectivity index (χ0) is 15.5. The maximum Gasteiger partial charge on any atom is 0.317 e. The lowest BCUT2D eigenvalue weighted by Gasteiger charge is -2.34. The lowest BCUT2D eigenvalue weighted by molar-refractivity contribution is -0.139. The number of aromatic hydroxyl groups is 1. The molecule has 0 fully saturated rings. The van der Waals surface area contributed by atoms with Crippen molar-refractivity contribution in [2.45, 2.75) is 32.9 Å². The molecule has 0 atom stereocenters. The van der Waals surface area contributed by atoms with Gasteiger partial charge in [0.1, 0.15) is 0 Å². The molecule has 1 aromatic rings. The van der Waals surface area contributed by atoms with E-state index in [1.807, 2.05) is 25.7 Å². The van der Waals surface area contributed by atoms with Crippen LogP contribution in [0.5, 0.6) is 11.5 Å². The van der Waals surface area contributed by atoms with Crippen LogP contribution in [0.4, 0.5) is 0 Å². The van der Waals surface area contributed by atoms with Crippen LogP contribution in [0.3, 0.4) is 0 Å². The van der Waals surface area contributed by atoms with Crippen molar-refractivity contribution in [2.75, 3.05) is 13.7 Å². The molecule has 0 radical (unpaired) electrons. The highest BCUT2D eigenvalue weighted by Crippen LogP contribution is 2.35. The average Bonchev–Trinajstić information content (AvgIpc) is 2.31. The van der Waals surface area contributed by atoms with Crippen molar-refractivity contribution in [1.29, 1.82) is 0 Å². The number of methoxy groups -OCH3 is 1. The number of nitrogens with zero attached hydrogens (tertiary/aromatic N) is 1. The number of carboxylic acid groups (broad SMARTS) is 1. The Kier molecular flexibility index (Phi) is 5.42. The third-order valence-electron chi connectivity index (χ3n) is 2.96. The molecule has 112 valence electrons. The van der Waals surface area contributed by atoms with Crippen molar-refractivity contribution >= 4 is 21.9 Å². The molecule has 1 rings (SSSR count). The van der Waals surface area contributed by atoms with Crippen LogP contribution in [0, 0.1) is 0 Å². The van der Waals surface area contributed by atoms with E-state index < -0.39 is 5.97 Å². The molecular weight excluding hydrogens is 326 g/mol. The van der Waals surface area contributed by atoms with E-state index in [1.54, 1.807) is 12.1 Å². The Morgan fingerprint density at radius 2 is 2.00 bits per heavy atom. The third kappa shape index (κ3) is 4.38. The molecule has 0 spiro atoms. The average molecular weight is 346 g/mol. The van der Waals surface area contributed by atoms with Gasteiger partial charge in [-0.1, -0.05) is 0 Å². The maximum atomic E-state index is 11.0. The normalized spacial score (nSPS) is 11.7. The van der Waals surface area contributed by atoms with Gasteiger partial charge >= 0.3 is 5.97 Å². The van der Waals surface area contributed by atoms with E-state index in [4.69, 9.17) is 9.84 Å². The van der Waals surface area contributed by atoms with Gasteiger partial charge in [-0.25, -0.2) is 0 Å². The molecule has 1 aromatic carbocycles. The van der Waals surface area contributed by atoms with Gasteiger partial charge < -0.3 is 14.9 Å². The van der Waals surface area contributed by atoms with Gasteiger partial charge in [0.15, 0.2) is 11.5 Å². The van der Waals surface area contributed by atoms with E-state index in [0.29, 0.717) is 16.8 Å². The number of aliphatic carboxylic acids is 1. The van der Waals surface area contributed by atoms with Crippen LogP contribution in [0.15, 0.2) is 16.6 Å². The number of rotatable bonds is 5. The van der Waals surface area contributed by atoms with Crippen molar-refractivity contribution < 1.29 is 19.7 Å². The van der Waals surface area contributed by atoms with Gasteiger partial charge in [0.05, 0.1) is 18.1 Å². The number of hydrogen-bond acceptors (Lipinski definition) is 4. The van der Waals surface area contributed by atoms with Crippen molar-refractivity contribution in [3.63, 3.8) is 0 Å². The first-order valence-electron chi connectivity index (χ1n) is 6.17. The lowest BCUT2D eigenvalue weighted by atomic mass is 10.0. The standard InChI is InChI=1S/C14H20BrNO4/c1-14(2,3)16(8-12(17)18)7-9-5-10(15)13(19)11(6-9)20-4/h5-6,19H,7-8H2,1-4H3,(H,17,18). The molecular formula is C14H20BrNO4. The first-order chi connectivity index (χ1) is 9.15. The van der Waals surface area contributed by atoms with Gasteiger partial charge in [-0.2, -0.15) is 0 Å². The van der Waals surface area contributed by atoms with Crippen LogP contribution in [-0.2, 0) is 11.3 Å². The summed E-state index contributed by atoms with van der Waals surface area (Å²) in [5.41, 5.74) is 0.582. The van der Waals surface area contributed by atoms with Crippen LogP contribution < -0.4 is 4.74 Å². The monoisotopic (exact) mass is 345 g/mol. The zero-order valence-electron chi connectivity index (χ0n) is 12.1. The van der Waals surface area contributed by atoms with E-state index in [0.717, 1.165) is 5.56 Å². The summed E-state index contributed by atoms with van der Waals surface area (Å²) in [6, 6.07) is 3.47. The minimum absolute atomic E-state index is 0.0387. The third-order valence-corrected chi connectivity index (χ3v) is 3.56. The molecule has 0 aromatic heterocycles. The quantitative estimate of drug-likeness (QED) is 0.858. The summed E-state index contributed by atoms with van der Waals surface area (Å²) in [4.78, 5) is 12.8. The van der Waals surface area contributed by atoms with Crippen LogP contribution in [0.1, 0.15) is 26.3 Å². The fourth-order valence-electron chi connectivity index (χ4n) is 1.79. The molecule has 0 amide bonds. The summed E-state index contributed by atoms with van der Waals surface area (Å²) in [5, 5.41) is 18.8. The highest BCUT2D eigenvalue weighted by Gasteiger charge is 2.24. The van der Waals surface area contributed by atoms with Crippen LogP contribution >= 0.6 is 15.9 Å². The summed E-state index contributed by atoms with van der Waals surface area (Å²) < 4.78 is 5.62. The summed E-state index contributed by atoms with van der Waals surface area (Å²) in [6.07, 6.45) is 0. The van der Waals surface area contributed by atoms with E-state index in [1.165, 1.54) is 7.11 Å². The second-order valence-electron chi connectivity index (χ2n) is 5.55. The predicted molar refractivity (Wildman–Crippen MR) is 80.2 cm³/mol. The van der Waals surface area contributed by atoms with E-state index in [-0.39, 0.29) is 17.8 Å². The highest BCUT2D eigenvalue weighted by atomic mass is 79.9. The summed E-state index contributed by atoms with van der Waals surface area (Å²) in [5.74, 6) is -0.472. The number of phenols is 1. The number of phenolic OH excluding ortho intramolecular Hbond substituents is 1. The summed E-state index contributed by atoms with van der Waals surface area (Å²) in [7, 11) is 1.48. The lowest BCUT2D eigenvalue weighted by Crippen LogP contribution is -2.43. The van der Waals surface area contributed by atoms with Gasteiger partial charge in [-0.05, 0) is 54.4 Å². The van der Waals surface area contributed by atoms with Gasteiger partial charge in [0.25, 0.3) is 0 Å². The van der Waals surface area contributed by atoms with E-state index in [2.05, 4.69) is 15.9 Å². The molecule has 0 bridgehead atoms. The fourth-order valence-corrected chi connectivity index (χ4v) is 2.28. The molecule has 2 N–H and O–H groups in total. The van der Waals surface area contributed by atoms with Crippen LogP contribution in [0.2, 0.25) is 0 Å². The van der Waals surface area contributed by atoms with E-state index >= 15 is 0 Å². The SMILES string of the molecule is COc1cc(CN(CC(=O)O)C(C)(C)C)cc(Br)c1O. The molecule has 6 heteroatoms. The molecule has 5 nitrogen and oxygen atoms in total. The number of benzene rings is 1. The first kappa shape index (κ1) is 16.8. The predicted octanol–water partition coefficient (Wildman–Crippen LogP) is 2.85. The maximum absolute atomic E-state index is 11.0. The zero-order valence-corrected chi connectivity index (χ0v) is 13.7. The summed E-state index contributed by atoms with van der Waals surface area (Å²) >= 11 is 3.26. The van der Waals surface area contributed by atoms with E-state index in [9.17, 15) is 9.90 Å². The smallest absolute Gasteiger partial charge is 0.317 e. The van der Waals surface area contributed by atoms with Crippen molar-refractivity contribution in [1.82, 2.24) is 4.90 Å². The minimum Gasteiger partial charge on any atom is -0.503 e. The van der Waals surface area contributed by atoms with Gasteiger partial charge in [-0.15, -0.1) is 0 Å². The Hall–Kier alpha value is -1.27. The second kappa shape index (κ2) is 6.45. The van der Waals surface area contributed by atoms with Gasteiger partial charge in [-0.3, -0.25) is 9.69 Å². The van der Waals surface area contributed by atoms with Crippen molar-refractivity contribution in [2.24, 2.45) is 0 Å². The summed E-state index contributed by atoms with van der Waals surface area (Å²) in [6.45, 7) is 6.28. The van der Waals surface area contributed by atoms with Crippen molar-refractivity contribution in [3.05, 3.63) is 22.2 Å². The Morgan fingerprint density at radius 1 is 1.40 bits per heavy atom. The number of ether oxygens (including phenoxy) is 1. The number of carbonyl (C=O) groups is 1. The number of carboxylic acids is 1. The Bertz CT molecular complexity index is 497. The van der Waals surface area contributed by atoms with Gasteiger partial charge in [0.2, 0.25) is 0 Å². The van der Waals surface area contributed by atoms with Crippen LogP contribution in [-0.4, -0.2) is 40.3 Å². The first-order valence-corrected chi connectivity index (χ1v) is 6.96. The molecule has 0 heterocycles. The molecule has 20 heavy (non-hydrogen) atoms. The van der Waals surface area contributed by atoms with Gasteiger partial charge in [0, 0.05) is 12.1 Å². The molecule has 0 aliphatic carbocycles. The Morgan fingerprint density at radius 3 is 2.45 bits per heavy atom. The molecule has 0 aliphatic heterocycles. The Labute approximate surface area is 127 Å². The molecule has 0 saturated carbocycles. The highest BCUT2D eigenvalue weighted by molar-refractivity contribution is 9.10. The fraction of sp³-hybridized carbons (Fsp3) is 0.500. The number of hydrogen-bond donors (Lipinski definition) is 2.